The van der Waals surface area contributed by atoms with Crippen molar-refractivity contribution in [2.75, 3.05) is 27.3 Å². The molecule has 2 unspecified atom stereocenters. The number of likely N-dealkylation sites (tertiary alicyclic amines) is 1. The number of nitrogens with zero attached hydrogens (tertiary/aromatic N) is 1. The van der Waals surface area contributed by atoms with E-state index in [1.165, 1.54) is 5.56 Å². The van der Waals surface area contributed by atoms with E-state index >= 15 is 0 Å². The van der Waals surface area contributed by atoms with Crippen molar-refractivity contribution in [1.82, 2.24) is 4.90 Å². The Bertz CT molecular complexity index is 398. The molecule has 0 aromatic heterocycles. The van der Waals surface area contributed by atoms with Gasteiger partial charge in [-0.1, -0.05) is 6.92 Å². The lowest BCUT2D eigenvalue weighted by molar-refractivity contribution is 0.247. The van der Waals surface area contributed by atoms with E-state index in [4.69, 9.17) is 15.2 Å². The van der Waals surface area contributed by atoms with Gasteiger partial charge in [-0.15, -0.1) is 0 Å². The topological polar surface area (TPSA) is 47.7 Å². The molecule has 1 aliphatic heterocycles. The van der Waals surface area contributed by atoms with Crippen LogP contribution in [0.2, 0.25) is 0 Å². The molecule has 0 spiro atoms. The third-order valence-electron chi connectivity index (χ3n) is 3.77. The Morgan fingerprint density at radius 2 is 1.84 bits per heavy atom. The summed E-state index contributed by atoms with van der Waals surface area (Å²) in [6.45, 7) is 4.35. The smallest absolute Gasteiger partial charge is 0.122 e. The zero-order valence-electron chi connectivity index (χ0n) is 12.1. The van der Waals surface area contributed by atoms with Gasteiger partial charge in [0.25, 0.3) is 0 Å². The average Bonchev–Trinajstić information content (AvgIpc) is 2.79. The zero-order chi connectivity index (χ0) is 13.8. The van der Waals surface area contributed by atoms with E-state index in [0.29, 0.717) is 0 Å². The van der Waals surface area contributed by atoms with Crippen molar-refractivity contribution in [1.29, 1.82) is 0 Å². The molecule has 1 aromatic rings. The number of ether oxygens (including phenoxy) is 2. The summed E-state index contributed by atoms with van der Waals surface area (Å²) >= 11 is 0. The standard InChI is InChI=1S/C15H24N2O2/c1-4-6-17-7-5-14(16)15(17)11-8-12(18-2)10-13(9-11)19-3/h8-10,14-15H,4-7,16H2,1-3H3. The maximum atomic E-state index is 6.29. The third-order valence-corrected chi connectivity index (χ3v) is 3.77. The van der Waals surface area contributed by atoms with E-state index in [0.717, 1.165) is 37.4 Å². The van der Waals surface area contributed by atoms with E-state index in [2.05, 4.69) is 24.0 Å². The summed E-state index contributed by atoms with van der Waals surface area (Å²) in [6.07, 6.45) is 2.19. The minimum Gasteiger partial charge on any atom is -0.497 e. The second-order valence-electron chi connectivity index (χ2n) is 5.08. The highest BCUT2D eigenvalue weighted by Gasteiger charge is 2.32. The van der Waals surface area contributed by atoms with Crippen LogP contribution in [0.4, 0.5) is 0 Å². The monoisotopic (exact) mass is 264 g/mol. The molecule has 2 atom stereocenters. The van der Waals surface area contributed by atoms with E-state index in [-0.39, 0.29) is 12.1 Å². The van der Waals surface area contributed by atoms with Crippen LogP contribution in [0.25, 0.3) is 0 Å². The second kappa shape index (κ2) is 6.26. The molecule has 0 amide bonds. The van der Waals surface area contributed by atoms with Crippen LogP contribution < -0.4 is 15.2 Å². The van der Waals surface area contributed by atoms with Crippen LogP contribution in [-0.4, -0.2) is 38.3 Å². The van der Waals surface area contributed by atoms with Crippen LogP contribution in [0.1, 0.15) is 31.4 Å². The van der Waals surface area contributed by atoms with Crippen molar-refractivity contribution in [3.8, 4) is 11.5 Å². The third kappa shape index (κ3) is 3.01. The number of rotatable bonds is 5. The molecule has 4 nitrogen and oxygen atoms in total. The Hall–Kier alpha value is -1.26. The van der Waals surface area contributed by atoms with E-state index in [1.54, 1.807) is 14.2 Å². The number of methoxy groups -OCH3 is 2. The van der Waals surface area contributed by atoms with Crippen LogP contribution in [-0.2, 0) is 0 Å². The van der Waals surface area contributed by atoms with Crippen LogP contribution in [0.3, 0.4) is 0 Å². The molecular weight excluding hydrogens is 240 g/mol. The molecule has 1 fully saturated rings. The molecule has 1 aliphatic rings. The van der Waals surface area contributed by atoms with Gasteiger partial charge in [0.05, 0.1) is 20.3 Å². The molecule has 19 heavy (non-hydrogen) atoms. The fraction of sp³-hybridized carbons (Fsp3) is 0.600. The van der Waals surface area contributed by atoms with Crippen molar-refractivity contribution in [3.63, 3.8) is 0 Å². The van der Waals surface area contributed by atoms with Gasteiger partial charge < -0.3 is 15.2 Å². The first-order valence-corrected chi connectivity index (χ1v) is 6.92. The van der Waals surface area contributed by atoms with Gasteiger partial charge in [0.15, 0.2) is 0 Å². The van der Waals surface area contributed by atoms with Crippen LogP contribution >= 0.6 is 0 Å². The van der Waals surface area contributed by atoms with Gasteiger partial charge in [0.2, 0.25) is 0 Å². The number of nitrogens with two attached hydrogens (primary N) is 1. The Morgan fingerprint density at radius 1 is 1.21 bits per heavy atom. The van der Waals surface area contributed by atoms with Crippen LogP contribution in [0.15, 0.2) is 18.2 Å². The lowest BCUT2D eigenvalue weighted by atomic mass is 10.00. The highest BCUT2D eigenvalue weighted by Crippen LogP contribution is 2.35. The predicted molar refractivity (Wildman–Crippen MR) is 76.7 cm³/mol. The fourth-order valence-corrected chi connectivity index (χ4v) is 2.88. The van der Waals surface area contributed by atoms with Crippen LogP contribution in [0.5, 0.6) is 11.5 Å². The maximum absolute atomic E-state index is 6.29. The molecule has 1 saturated heterocycles. The summed E-state index contributed by atoms with van der Waals surface area (Å²) in [5, 5.41) is 0. The summed E-state index contributed by atoms with van der Waals surface area (Å²) < 4.78 is 10.7. The molecule has 2 N–H and O–H groups in total. The minimum atomic E-state index is 0.184. The normalized spacial score (nSPS) is 23.6. The van der Waals surface area contributed by atoms with Gasteiger partial charge in [-0.25, -0.2) is 0 Å². The van der Waals surface area contributed by atoms with E-state index in [9.17, 15) is 0 Å². The molecule has 2 rings (SSSR count). The lowest BCUT2D eigenvalue weighted by Gasteiger charge is -2.27. The molecule has 1 heterocycles. The second-order valence-corrected chi connectivity index (χ2v) is 5.08. The highest BCUT2D eigenvalue weighted by atomic mass is 16.5. The summed E-state index contributed by atoms with van der Waals surface area (Å²) in [6, 6.07) is 6.49. The summed E-state index contributed by atoms with van der Waals surface area (Å²) in [5.74, 6) is 1.65. The lowest BCUT2D eigenvalue weighted by Crippen LogP contribution is -2.32. The molecule has 106 valence electrons. The van der Waals surface area contributed by atoms with Gasteiger partial charge in [-0.05, 0) is 37.1 Å². The largest absolute Gasteiger partial charge is 0.497 e. The van der Waals surface area contributed by atoms with E-state index < -0.39 is 0 Å². The maximum Gasteiger partial charge on any atom is 0.122 e. The van der Waals surface area contributed by atoms with Crippen molar-refractivity contribution >= 4 is 0 Å². The van der Waals surface area contributed by atoms with Crippen molar-refractivity contribution in [2.45, 2.75) is 31.8 Å². The average molecular weight is 264 g/mol. The molecule has 0 aliphatic carbocycles. The van der Waals surface area contributed by atoms with Gasteiger partial charge in [0, 0.05) is 18.7 Å². The Morgan fingerprint density at radius 3 is 2.37 bits per heavy atom. The Balaban J connectivity index is 2.32. The van der Waals surface area contributed by atoms with Gasteiger partial charge in [-0.2, -0.15) is 0 Å². The summed E-state index contributed by atoms with van der Waals surface area (Å²) in [4.78, 5) is 2.46. The first-order chi connectivity index (χ1) is 9.19. The number of hydrogen-bond acceptors (Lipinski definition) is 4. The Labute approximate surface area is 115 Å². The first kappa shape index (κ1) is 14.2. The fourth-order valence-electron chi connectivity index (χ4n) is 2.88. The quantitative estimate of drug-likeness (QED) is 0.885. The van der Waals surface area contributed by atoms with Gasteiger partial charge in [-0.3, -0.25) is 4.90 Å². The zero-order valence-corrected chi connectivity index (χ0v) is 12.1. The predicted octanol–water partition coefficient (Wildman–Crippen LogP) is 2.19. The number of benzene rings is 1. The summed E-state index contributed by atoms with van der Waals surface area (Å²) in [7, 11) is 3.36. The van der Waals surface area contributed by atoms with Crippen LogP contribution in [0, 0.1) is 0 Å². The molecule has 0 radical (unpaired) electrons. The van der Waals surface area contributed by atoms with Crippen molar-refractivity contribution in [2.24, 2.45) is 5.73 Å². The van der Waals surface area contributed by atoms with Crippen molar-refractivity contribution in [3.05, 3.63) is 23.8 Å². The molecular formula is C15H24N2O2. The van der Waals surface area contributed by atoms with E-state index in [1.807, 2.05) is 6.07 Å². The molecule has 0 bridgehead atoms. The first-order valence-electron chi connectivity index (χ1n) is 6.92. The molecule has 1 aromatic carbocycles. The van der Waals surface area contributed by atoms with Gasteiger partial charge >= 0.3 is 0 Å². The highest BCUT2D eigenvalue weighted by molar-refractivity contribution is 5.40. The Kier molecular flexibility index (Phi) is 4.66. The summed E-state index contributed by atoms with van der Waals surface area (Å²) in [5.41, 5.74) is 7.48. The van der Waals surface area contributed by atoms with Gasteiger partial charge in [0.1, 0.15) is 11.5 Å². The SMILES string of the molecule is CCCN1CCC(N)C1c1cc(OC)cc(OC)c1. The molecule has 4 heteroatoms. The van der Waals surface area contributed by atoms with Crippen molar-refractivity contribution < 1.29 is 9.47 Å². The molecule has 0 saturated carbocycles. The number of hydrogen-bond donors (Lipinski definition) is 1. The minimum absolute atomic E-state index is 0.184.